The van der Waals surface area contributed by atoms with Gasteiger partial charge in [0.2, 0.25) is 0 Å². The van der Waals surface area contributed by atoms with Gasteiger partial charge in [-0.15, -0.1) is 0 Å². The molecule has 0 aliphatic carbocycles. The highest BCUT2D eigenvalue weighted by molar-refractivity contribution is 5.39. The topological polar surface area (TPSA) is 42.1 Å². The molecule has 1 rings (SSSR count). The molecule has 2 N–H and O–H groups in total. The van der Waals surface area contributed by atoms with Gasteiger partial charge in [0.15, 0.2) is 11.6 Å². The van der Waals surface area contributed by atoms with Crippen LogP contribution in [-0.4, -0.2) is 24.6 Å². The highest BCUT2D eigenvalue weighted by atomic mass is 19.1. The van der Waals surface area contributed by atoms with E-state index in [9.17, 15) is 4.39 Å². The van der Waals surface area contributed by atoms with Crippen molar-refractivity contribution in [2.75, 3.05) is 24.5 Å². The van der Waals surface area contributed by atoms with E-state index in [1.54, 1.807) is 12.3 Å². The van der Waals surface area contributed by atoms with E-state index in [-0.39, 0.29) is 5.82 Å². The number of aromatic nitrogens is 1. The Hall–Kier alpha value is -1.16. The average molecular weight is 183 g/mol. The summed E-state index contributed by atoms with van der Waals surface area (Å²) in [5, 5.41) is 0. The van der Waals surface area contributed by atoms with Gasteiger partial charge in [-0.25, -0.2) is 9.37 Å². The first-order chi connectivity index (χ1) is 6.29. The van der Waals surface area contributed by atoms with Crippen LogP contribution in [-0.2, 0) is 0 Å². The molecule has 1 aromatic rings. The highest BCUT2D eigenvalue weighted by Gasteiger charge is 2.08. The molecule has 0 bridgehead atoms. The van der Waals surface area contributed by atoms with Gasteiger partial charge >= 0.3 is 0 Å². The van der Waals surface area contributed by atoms with Crippen LogP contribution < -0.4 is 10.6 Å². The van der Waals surface area contributed by atoms with Gasteiger partial charge in [0.1, 0.15) is 0 Å². The molecule has 0 radical (unpaired) electrons. The van der Waals surface area contributed by atoms with Crippen LogP contribution >= 0.6 is 0 Å². The van der Waals surface area contributed by atoms with E-state index >= 15 is 0 Å². The molecular weight excluding hydrogens is 169 g/mol. The first-order valence-electron chi connectivity index (χ1n) is 4.35. The molecule has 0 saturated heterocycles. The van der Waals surface area contributed by atoms with Crippen molar-refractivity contribution in [1.82, 2.24) is 4.98 Å². The van der Waals surface area contributed by atoms with Gasteiger partial charge < -0.3 is 10.6 Å². The maximum atomic E-state index is 13.2. The Labute approximate surface area is 77.4 Å². The van der Waals surface area contributed by atoms with Crippen molar-refractivity contribution < 1.29 is 4.39 Å². The average Bonchev–Trinajstić information content (AvgIpc) is 2.16. The summed E-state index contributed by atoms with van der Waals surface area (Å²) in [7, 11) is 0. The van der Waals surface area contributed by atoms with E-state index in [4.69, 9.17) is 5.73 Å². The number of rotatable bonds is 4. The van der Waals surface area contributed by atoms with Gasteiger partial charge in [-0.1, -0.05) is 0 Å². The van der Waals surface area contributed by atoms with Crippen LogP contribution in [0.2, 0.25) is 0 Å². The quantitative estimate of drug-likeness (QED) is 0.757. The minimum atomic E-state index is -0.294. The molecule has 1 aromatic heterocycles. The number of nitrogens with two attached hydrogens (primary N) is 1. The molecule has 3 nitrogen and oxygen atoms in total. The smallest absolute Gasteiger partial charge is 0.165 e. The molecule has 0 fully saturated rings. The zero-order valence-corrected chi connectivity index (χ0v) is 7.70. The summed E-state index contributed by atoms with van der Waals surface area (Å²) in [6, 6.07) is 2.98. The van der Waals surface area contributed by atoms with Crippen LogP contribution in [0.1, 0.15) is 6.92 Å². The van der Waals surface area contributed by atoms with E-state index in [2.05, 4.69) is 4.98 Å². The number of hydrogen-bond acceptors (Lipinski definition) is 3. The Morgan fingerprint density at radius 2 is 2.38 bits per heavy atom. The van der Waals surface area contributed by atoms with E-state index in [1.807, 2.05) is 11.8 Å². The third-order valence-electron chi connectivity index (χ3n) is 1.82. The number of hydrogen-bond donors (Lipinski definition) is 1. The molecule has 0 saturated carbocycles. The number of halogens is 1. The van der Waals surface area contributed by atoms with E-state index in [0.717, 1.165) is 0 Å². The largest absolute Gasteiger partial charge is 0.353 e. The van der Waals surface area contributed by atoms with Crippen LogP contribution in [0.25, 0.3) is 0 Å². The number of nitrogens with zero attached hydrogens (tertiary/aromatic N) is 2. The zero-order valence-electron chi connectivity index (χ0n) is 7.70. The molecule has 0 aromatic carbocycles. The fourth-order valence-corrected chi connectivity index (χ4v) is 1.18. The predicted molar refractivity (Wildman–Crippen MR) is 51.1 cm³/mol. The lowest BCUT2D eigenvalue weighted by Crippen LogP contribution is -2.30. The first kappa shape index (κ1) is 9.92. The van der Waals surface area contributed by atoms with Crippen molar-refractivity contribution in [2.24, 2.45) is 5.73 Å². The van der Waals surface area contributed by atoms with Gasteiger partial charge in [0.25, 0.3) is 0 Å². The van der Waals surface area contributed by atoms with Crippen molar-refractivity contribution in [1.29, 1.82) is 0 Å². The zero-order chi connectivity index (χ0) is 9.68. The van der Waals surface area contributed by atoms with Crippen LogP contribution in [0, 0.1) is 5.82 Å². The van der Waals surface area contributed by atoms with Crippen molar-refractivity contribution in [3.8, 4) is 0 Å². The molecule has 1 heterocycles. The third-order valence-corrected chi connectivity index (χ3v) is 1.82. The minimum Gasteiger partial charge on any atom is -0.353 e. The van der Waals surface area contributed by atoms with Gasteiger partial charge in [-0.3, -0.25) is 0 Å². The predicted octanol–water partition coefficient (Wildman–Crippen LogP) is 1.01. The van der Waals surface area contributed by atoms with Crippen molar-refractivity contribution in [3.63, 3.8) is 0 Å². The normalized spacial score (nSPS) is 10.1. The summed E-state index contributed by atoms with van der Waals surface area (Å²) < 4.78 is 13.2. The summed E-state index contributed by atoms with van der Waals surface area (Å²) >= 11 is 0. The Morgan fingerprint density at radius 1 is 1.62 bits per heavy atom. The maximum absolute atomic E-state index is 13.2. The van der Waals surface area contributed by atoms with Gasteiger partial charge in [0.05, 0.1) is 0 Å². The second-order valence-corrected chi connectivity index (χ2v) is 2.68. The van der Waals surface area contributed by atoms with Crippen molar-refractivity contribution >= 4 is 5.82 Å². The van der Waals surface area contributed by atoms with E-state index in [0.29, 0.717) is 25.5 Å². The van der Waals surface area contributed by atoms with Gasteiger partial charge in [-0.05, 0) is 19.1 Å². The summed E-state index contributed by atoms with van der Waals surface area (Å²) in [5.74, 6) is 0.0910. The summed E-state index contributed by atoms with van der Waals surface area (Å²) in [4.78, 5) is 5.78. The Bertz CT molecular complexity index is 265. The summed E-state index contributed by atoms with van der Waals surface area (Å²) in [6.45, 7) is 3.79. The molecule has 72 valence electrons. The molecule has 4 heteroatoms. The second-order valence-electron chi connectivity index (χ2n) is 2.68. The molecule has 0 spiro atoms. The van der Waals surface area contributed by atoms with Gasteiger partial charge in [-0.2, -0.15) is 0 Å². The van der Waals surface area contributed by atoms with E-state index in [1.165, 1.54) is 6.07 Å². The lowest BCUT2D eigenvalue weighted by molar-refractivity contribution is 0.610. The lowest BCUT2D eigenvalue weighted by Gasteiger charge is -2.20. The molecule has 0 atom stereocenters. The van der Waals surface area contributed by atoms with Crippen molar-refractivity contribution in [2.45, 2.75) is 6.92 Å². The fourth-order valence-electron chi connectivity index (χ4n) is 1.18. The third kappa shape index (κ3) is 2.39. The van der Waals surface area contributed by atoms with Crippen LogP contribution in [0.5, 0.6) is 0 Å². The van der Waals surface area contributed by atoms with Gasteiger partial charge in [0, 0.05) is 25.8 Å². The molecule has 0 aliphatic rings. The second kappa shape index (κ2) is 4.77. The highest BCUT2D eigenvalue weighted by Crippen LogP contribution is 2.13. The number of pyridine rings is 1. The summed E-state index contributed by atoms with van der Waals surface area (Å²) in [6.07, 6.45) is 1.58. The Morgan fingerprint density at radius 3 is 2.92 bits per heavy atom. The molecule has 13 heavy (non-hydrogen) atoms. The Balaban J connectivity index is 2.84. The van der Waals surface area contributed by atoms with Crippen molar-refractivity contribution in [3.05, 3.63) is 24.1 Å². The SMILES string of the molecule is CCN(CCN)c1ncccc1F. The number of likely N-dealkylation sites (N-methyl/N-ethyl adjacent to an activating group) is 1. The molecule has 0 aliphatic heterocycles. The maximum Gasteiger partial charge on any atom is 0.165 e. The number of anilines is 1. The first-order valence-corrected chi connectivity index (χ1v) is 4.35. The lowest BCUT2D eigenvalue weighted by atomic mass is 10.4. The monoisotopic (exact) mass is 183 g/mol. The molecule has 0 unspecified atom stereocenters. The van der Waals surface area contributed by atoms with E-state index < -0.39 is 0 Å². The van der Waals surface area contributed by atoms with Crippen LogP contribution in [0.3, 0.4) is 0 Å². The molecular formula is C9H14FN3. The fraction of sp³-hybridized carbons (Fsp3) is 0.444. The minimum absolute atomic E-state index is 0.294. The molecule has 0 amide bonds. The summed E-state index contributed by atoms with van der Waals surface area (Å²) in [5.41, 5.74) is 5.40. The van der Waals surface area contributed by atoms with Crippen LogP contribution in [0.4, 0.5) is 10.2 Å². The Kier molecular flexibility index (Phi) is 3.64. The van der Waals surface area contributed by atoms with Crippen LogP contribution in [0.15, 0.2) is 18.3 Å². The standard InChI is InChI=1S/C9H14FN3/c1-2-13(7-5-11)9-8(10)4-3-6-12-9/h3-4,6H,2,5,7,11H2,1H3.